The van der Waals surface area contributed by atoms with Gasteiger partial charge in [-0.05, 0) is 18.6 Å². The molecule has 0 aliphatic carbocycles. The highest BCUT2D eigenvalue weighted by Crippen LogP contribution is 2.11. The summed E-state index contributed by atoms with van der Waals surface area (Å²) in [7, 11) is 0. The minimum Gasteiger partial charge on any atom is -0.306 e. The van der Waals surface area contributed by atoms with Gasteiger partial charge in [0.25, 0.3) is 5.56 Å². The van der Waals surface area contributed by atoms with Crippen molar-refractivity contribution in [2.75, 3.05) is 0 Å². The predicted octanol–water partition coefficient (Wildman–Crippen LogP) is 2.06. The number of imidazole rings is 1. The van der Waals surface area contributed by atoms with Crippen LogP contribution in [0.25, 0.3) is 5.52 Å². The Hall–Kier alpha value is -2.43. The van der Waals surface area contributed by atoms with Crippen LogP contribution in [-0.2, 0) is 19.4 Å². The Morgan fingerprint density at radius 3 is 2.67 bits per heavy atom. The molecule has 108 valence electrons. The first kappa shape index (κ1) is 13.5. The fourth-order valence-corrected chi connectivity index (χ4v) is 2.56. The van der Waals surface area contributed by atoms with Crippen LogP contribution in [0.1, 0.15) is 31.1 Å². The Balaban J connectivity index is 2.14. The molecule has 0 saturated heterocycles. The van der Waals surface area contributed by atoms with Gasteiger partial charge in [0.2, 0.25) is 0 Å². The van der Waals surface area contributed by atoms with Gasteiger partial charge in [0.15, 0.2) is 0 Å². The Kier molecular flexibility index (Phi) is 3.56. The molecule has 3 aromatic heterocycles. The summed E-state index contributed by atoms with van der Waals surface area (Å²) in [5.41, 5.74) is 2.42. The largest absolute Gasteiger partial charge is 0.306 e. The third-order valence-corrected chi connectivity index (χ3v) is 3.63. The maximum atomic E-state index is 12.7. The highest BCUT2D eigenvalue weighted by molar-refractivity contribution is 5.51. The Morgan fingerprint density at radius 1 is 1.14 bits per heavy atom. The fraction of sp³-hybridized carbons (Fsp3) is 0.312. The Morgan fingerprint density at radius 2 is 2.00 bits per heavy atom. The molecule has 0 radical (unpaired) electrons. The molecule has 0 aromatic carbocycles. The maximum absolute atomic E-state index is 12.7. The van der Waals surface area contributed by atoms with Crippen molar-refractivity contribution in [2.45, 2.75) is 33.2 Å². The summed E-state index contributed by atoms with van der Waals surface area (Å²) in [5, 5.41) is 0. The van der Waals surface area contributed by atoms with Crippen molar-refractivity contribution in [3.05, 3.63) is 64.4 Å². The van der Waals surface area contributed by atoms with Crippen molar-refractivity contribution < 1.29 is 0 Å². The van der Waals surface area contributed by atoms with Crippen LogP contribution in [0.3, 0.4) is 0 Å². The van der Waals surface area contributed by atoms with E-state index >= 15 is 0 Å². The standard InChI is InChI=1S/C16H18N4O/c1-3-13-15-16(21)19(11-12-7-5-6-8-17-12)9-10-20(15)14(4-2)18-13/h5-10H,3-4,11H2,1-2H3. The predicted molar refractivity (Wildman–Crippen MR) is 81.5 cm³/mol. The molecule has 3 rings (SSSR count). The van der Waals surface area contributed by atoms with Crippen LogP contribution >= 0.6 is 0 Å². The highest BCUT2D eigenvalue weighted by Gasteiger charge is 2.13. The number of fused-ring (bicyclic) bond motifs is 1. The summed E-state index contributed by atoms with van der Waals surface area (Å²) in [4.78, 5) is 21.6. The lowest BCUT2D eigenvalue weighted by Gasteiger charge is -2.07. The van der Waals surface area contributed by atoms with Crippen LogP contribution in [0.4, 0.5) is 0 Å². The monoisotopic (exact) mass is 282 g/mol. The second kappa shape index (κ2) is 5.52. The van der Waals surface area contributed by atoms with Gasteiger partial charge in [-0.1, -0.05) is 19.9 Å². The van der Waals surface area contributed by atoms with Crippen molar-refractivity contribution in [1.29, 1.82) is 0 Å². The van der Waals surface area contributed by atoms with E-state index in [-0.39, 0.29) is 5.56 Å². The Bertz CT molecular complexity index is 817. The molecule has 0 saturated carbocycles. The molecule has 0 unspecified atom stereocenters. The highest BCUT2D eigenvalue weighted by atomic mass is 16.1. The van der Waals surface area contributed by atoms with Crippen molar-refractivity contribution >= 4 is 5.52 Å². The van der Waals surface area contributed by atoms with E-state index in [4.69, 9.17) is 0 Å². The first-order chi connectivity index (χ1) is 10.2. The molecular weight excluding hydrogens is 264 g/mol. The first-order valence-corrected chi connectivity index (χ1v) is 7.23. The summed E-state index contributed by atoms with van der Waals surface area (Å²) >= 11 is 0. The molecule has 0 aliphatic heterocycles. The first-order valence-electron chi connectivity index (χ1n) is 7.23. The van der Waals surface area contributed by atoms with Gasteiger partial charge in [0.05, 0.1) is 17.9 Å². The molecule has 3 aromatic rings. The molecule has 0 spiro atoms. The molecule has 0 atom stereocenters. The minimum absolute atomic E-state index is 0.00722. The topological polar surface area (TPSA) is 52.2 Å². The SMILES string of the molecule is CCc1nc(CC)n2ccn(Cc3ccccn3)c(=O)c12. The van der Waals surface area contributed by atoms with Gasteiger partial charge < -0.3 is 4.57 Å². The number of hydrogen-bond acceptors (Lipinski definition) is 3. The summed E-state index contributed by atoms with van der Waals surface area (Å²) in [6, 6.07) is 5.72. The number of hydrogen-bond donors (Lipinski definition) is 0. The maximum Gasteiger partial charge on any atom is 0.277 e. The number of pyridine rings is 1. The summed E-state index contributed by atoms with van der Waals surface area (Å²) < 4.78 is 3.61. The van der Waals surface area contributed by atoms with E-state index in [1.165, 1.54) is 0 Å². The quantitative estimate of drug-likeness (QED) is 0.736. The van der Waals surface area contributed by atoms with E-state index in [1.54, 1.807) is 10.8 Å². The zero-order valence-corrected chi connectivity index (χ0v) is 12.3. The number of aryl methyl sites for hydroxylation is 2. The van der Waals surface area contributed by atoms with Crippen molar-refractivity contribution in [2.24, 2.45) is 0 Å². The molecular formula is C16H18N4O. The van der Waals surface area contributed by atoms with Crippen LogP contribution in [-0.4, -0.2) is 18.9 Å². The fourth-order valence-electron chi connectivity index (χ4n) is 2.56. The summed E-state index contributed by atoms with van der Waals surface area (Å²) in [5.74, 6) is 0.934. The summed E-state index contributed by atoms with van der Waals surface area (Å²) in [6.45, 7) is 4.55. The van der Waals surface area contributed by atoms with E-state index < -0.39 is 0 Å². The van der Waals surface area contributed by atoms with E-state index in [2.05, 4.69) is 9.97 Å². The average Bonchev–Trinajstić information content (AvgIpc) is 2.90. The van der Waals surface area contributed by atoms with Crippen molar-refractivity contribution in [1.82, 2.24) is 18.9 Å². The molecule has 0 aliphatic rings. The zero-order valence-electron chi connectivity index (χ0n) is 12.3. The zero-order chi connectivity index (χ0) is 14.8. The minimum atomic E-state index is -0.00722. The number of rotatable bonds is 4. The van der Waals surface area contributed by atoms with E-state index in [1.807, 2.05) is 48.8 Å². The molecule has 3 heterocycles. The van der Waals surface area contributed by atoms with Crippen LogP contribution in [0.5, 0.6) is 0 Å². The lowest BCUT2D eigenvalue weighted by Crippen LogP contribution is -2.23. The Labute approximate surface area is 122 Å². The van der Waals surface area contributed by atoms with Crippen LogP contribution in [0, 0.1) is 0 Å². The molecule has 0 bridgehead atoms. The third kappa shape index (κ3) is 2.35. The van der Waals surface area contributed by atoms with Crippen LogP contribution in [0.2, 0.25) is 0 Å². The van der Waals surface area contributed by atoms with Gasteiger partial charge in [0, 0.05) is 25.0 Å². The summed E-state index contributed by atoms with van der Waals surface area (Å²) in [6.07, 6.45) is 7.04. The van der Waals surface area contributed by atoms with E-state index in [0.717, 1.165) is 30.1 Å². The molecule has 21 heavy (non-hydrogen) atoms. The van der Waals surface area contributed by atoms with E-state index in [9.17, 15) is 4.79 Å². The van der Waals surface area contributed by atoms with Gasteiger partial charge in [0.1, 0.15) is 11.3 Å². The third-order valence-electron chi connectivity index (χ3n) is 3.63. The van der Waals surface area contributed by atoms with Crippen molar-refractivity contribution in [3.8, 4) is 0 Å². The van der Waals surface area contributed by atoms with Crippen LogP contribution < -0.4 is 5.56 Å². The van der Waals surface area contributed by atoms with Gasteiger partial charge in [-0.25, -0.2) is 4.98 Å². The van der Waals surface area contributed by atoms with Gasteiger partial charge in [-0.15, -0.1) is 0 Å². The second-order valence-corrected chi connectivity index (χ2v) is 4.95. The molecule has 5 nitrogen and oxygen atoms in total. The lowest BCUT2D eigenvalue weighted by atomic mass is 10.3. The van der Waals surface area contributed by atoms with Crippen molar-refractivity contribution in [3.63, 3.8) is 0 Å². The van der Waals surface area contributed by atoms with E-state index in [0.29, 0.717) is 12.1 Å². The lowest BCUT2D eigenvalue weighted by molar-refractivity contribution is 0.730. The normalized spacial score (nSPS) is 11.1. The van der Waals surface area contributed by atoms with Crippen LogP contribution in [0.15, 0.2) is 41.6 Å². The molecule has 0 amide bonds. The second-order valence-electron chi connectivity index (χ2n) is 4.95. The molecule has 5 heteroatoms. The average molecular weight is 282 g/mol. The molecule has 0 N–H and O–H groups in total. The molecule has 0 fully saturated rings. The van der Waals surface area contributed by atoms with Gasteiger partial charge in [-0.2, -0.15) is 0 Å². The number of nitrogens with zero attached hydrogens (tertiary/aromatic N) is 4. The van der Waals surface area contributed by atoms with Gasteiger partial charge >= 0.3 is 0 Å². The smallest absolute Gasteiger partial charge is 0.277 e. The number of aromatic nitrogens is 4. The van der Waals surface area contributed by atoms with Gasteiger partial charge in [-0.3, -0.25) is 14.2 Å².